The Hall–Kier alpha value is -3.16. The first-order valence-electron chi connectivity index (χ1n) is 16.0. The predicted octanol–water partition coefficient (Wildman–Crippen LogP) is 4.19. The Labute approximate surface area is 281 Å². The van der Waals surface area contributed by atoms with E-state index in [-0.39, 0.29) is 30.2 Å². The summed E-state index contributed by atoms with van der Waals surface area (Å²) < 4.78 is 29.0. The summed E-state index contributed by atoms with van der Waals surface area (Å²) >= 11 is 6.72. The number of carbonyl (C=O) groups excluding carboxylic acids is 3. The summed E-state index contributed by atoms with van der Waals surface area (Å²) in [7, 11) is 4.57. The third-order valence-corrected chi connectivity index (χ3v) is 9.69. The van der Waals surface area contributed by atoms with Gasteiger partial charge in [0.15, 0.2) is 5.72 Å². The van der Waals surface area contributed by atoms with Crippen LogP contribution in [0, 0.1) is 5.92 Å². The standard InChI is InChI=1S/C34H48ClN3O9/c1-20-11-10-12-26(44-6)34(42)19-25(45-32(41)37-34)21(2)31-33(3,47-31)27(46-29(40)13-8-7-9-14-36)18-28(39)38(4)23-16-22(15-20)17-24(43-5)30(23)35/h10-12,16-17,21,25-27,31,42H,7-9,13-15,18-19,36H2,1-6H3,(H,37,41)/t21-,25+,26-,27+,31+,33+,34+/m1/s1. The number of alkyl carbamates (subject to hydrolysis) is 1. The van der Waals surface area contributed by atoms with Gasteiger partial charge < -0.3 is 39.4 Å². The Kier molecular flexibility index (Phi) is 12.0. The van der Waals surface area contributed by atoms with Crippen LogP contribution in [-0.4, -0.2) is 86.6 Å². The van der Waals surface area contributed by atoms with Crippen LogP contribution >= 0.6 is 11.6 Å². The van der Waals surface area contributed by atoms with E-state index in [4.69, 9.17) is 41.0 Å². The highest BCUT2D eigenvalue weighted by molar-refractivity contribution is 6.35. The molecule has 4 N–H and O–H groups in total. The number of methoxy groups -OCH3 is 2. The van der Waals surface area contributed by atoms with Crippen LogP contribution in [0.1, 0.15) is 64.9 Å². The van der Waals surface area contributed by atoms with Gasteiger partial charge >= 0.3 is 12.1 Å². The Morgan fingerprint density at radius 1 is 1.23 bits per heavy atom. The number of nitrogens with one attached hydrogen (secondary N) is 1. The minimum absolute atomic E-state index is 0.00121. The molecule has 7 atom stereocenters. The van der Waals surface area contributed by atoms with E-state index in [0.29, 0.717) is 30.8 Å². The summed E-state index contributed by atoms with van der Waals surface area (Å²) in [5.74, 6) is -0.846. The summed E-state index contributed by atoms with van der Waals surface area (Å²) in [4.78, 5) is 41.1. The number of unbranched alkanes of at least 4 members (excludes halogenated alkanes) is 2. The van der Waals surface area contributed by atoms with Crippen molar-refractivity contribution < 1.29 is 43.2 Å². The van der Waals surface area contributed by atoms with Crippen molar-refractivity contribution in [3.05, 3.63) is 46.5 Å². The molecule has 2 amide bonds. The first kappa shape index (κ1) is 36.7. The fourth-order valence-corrected chi connectivity index (χ4v) is 6.73. The molecule has 3 aliphatic heterocycles. The van der Waals surface area contributed by atoms with Gasteiger partial charge in [0.05, 0.1) is 25.3 Å². The number of hydrogen-bond acceptors (Lipinski definition) is 10. The lowest BCUT2D eigenvalue weighted by Gasteiger charge is -2.42. The SMILES string of the molecule is COc1cc2cc(c1Cl)N(C)C(=O)C[C@H](OC(=O)CCCCCN)[C@]1(C)O[C@H]1[C@H](C)[C@@H]1C[C@@](O)(NC(=O)O1)[C@H](OC)C=CC=C(C)C2. The predicted molar refractivity (Wildman–Crippen MR) is 176 cm³/mol. The molecule has 0 aliphatic carbocycles. The Balaban J connectivity index is 1.74. The van der Waals surface area contributed by atoms with E-state index in [1.165, 1.54) is 19.1 Å². The molecule has 1 aromatic rings. The molecule has 12 nitrogen and oxygen atoms in total. The Bertz CT molecular complexity index is 1390. The molecule has 1 aromatic carbocycles. The summed E-state index contributed by atoms with van der Waals surface area (Å²) in [6.45, 7) is 6.08. The first-order chi connectivity index (χ1) is 22.3. The number of halogens is 1. The Morgan fingerprint density at radius 2 is 1.98 bits per heavy atom. The summed E-state index contributed by atoms with van der Waals surface area (Å²) in [6, 6.07) is 3.64. The minimum atomic E-state index is -1.78. The molecule has 0 aromatic heterocycles. The monoisotopic (exact) mass is 677 g/mol. The topological polar surface area (TPSA) is 162 Å². The molecule has 0 spiro atoms. The van der Waals surface area contributed by atoms with Crippen LogP contribution < -0.4 is 20.7 Å². The van der Waals surface area contributed by atoms with Crippen LogP contribution in [0.5, 0.6) is 5.75 Å². The molecule has 47 heavy (non-hydrogen) atoms. The molecule has 0 saturated carbocycles. The fourth-order valence-electron chi connectivity index (χ4n) is 6.41. The van der Waals surface area contributed by atoms with Crippen molar-refractivity contribution in [1.82, 2.24) is 5.32 Å². The van der Waals surface area contributed by atoms with Gasteiger partial charge in [0, 0.05) is 32.9 Å². The number of anilines is 1. The van der Waals surface area contributed by atoms with Crippen molar-refractivity contribution in [3.8, 4) is 5.75 Å². The summed E-state index contributed by atoms with van der Waals surface area (Å²) in [6.07, 6.45) is 3.94. The van der Waals surface area contributed by atoms with Crippen LogP contribution in [0.15, 0.2) is 35.9 Å². The highest BCUT2D eigenvalue weighted by atomic mass is 35.5. The smallest absolute Gasteiger partial charge is 0.409 e. The highest BCUT2D eigenvalue weighted by Crippen LogP contribution is 2.49. The van der Waals surface area contributed by atoms with E-state index in [0.717, 1.165) is 24.0 Å². The lowest BCUT2D eigenvalue weighted by atomic mass is 9.83. The van der Waals surface area contributed by atoms with E-state index in [2.05, 4.69) is 5.32 Å². The fraction of sp³-hybridized carbons (Fsp3) is 0.618. The van der Waals surface area contributed by atoms with E-state index >= 15 is 0 Å². The zero-order valence-corrected chi connectivity index (χ0v) is 28.8. The van der Waals surface area contributed by atoms with Gasteiger partial charge in [-0.2, -0.15) is 0 Å². The number of amides is 2. The van der Waals surface area contributed by atoms with E-state index in [1.54, 1.807) is 26.1 Å². The van der Waals surface area contributed by atoms with Gasteiger partial charge in [-0.25, -0.2) is 4.79 Å². The molecular formula is C34H48ClN3O9. The van der Waals surface area contributed by atoms with Crippen LogP contribution in [-0.2, 0) is 35.0 Å². The van der Waals surface area contributed by atoms with Gasteiger partial charge in [-0.3, -0.25) is 14.9 Å². The third-order valence-electron chi connectivity index (χ3n) is 9.31. The van der Waals surface area contributed by atoms with Gasteiger partial charge in [0.25, 0.3) is 0 Å². The maximum absolute atomic E-state index is 13.9. The quantitative estimate of drug-likeness (QED) is 0.207. The molecule has 4 bridgehead atoms. The third kappa shape index (κ3) is 8.47. The van der Waals surface area contributed by atoms with Crippen molar-refractivity contribution >= 4 is 35.3 Å². The first-order valence-corrected chi connectivity index (χ1v) is 16.4. The van der Waals surface area contributed by atoms with E-state index < -0.39 is 53.7 Å². The summed E-state index contributed by atoms with van der Waals surface area (Å²) in [5.41, 5.74) is 4.98. The van der Waals surface area contributed by atoms with Gasteiger partial charge in [-0.15, -0.1) is 0 Å². The molecule has 2 saturated heterocycles. The second kappa shape index (κ2) is 15.4. The molecule has 0 unspecified atom stereocenters. The zero-order chi connectivity index (χ0) is 34.5. The lowest BCUT2D eigenvalue weighted by molar-refractivity contribution is -0.154. The molecule has 3 heterocycles. The number of aliphatic hydroxyl groups is 1. The maximum Gasteiger partial charge on any atom is 0.409 e. The van der Waals surface area contributed by atoms with Crippen molar-refractivity contribution in [2.24, 2.45) is 11.7 Å². The number of ether oxygens (including phenoxy) is 5. The van der Waals surface area contributed by atoms with Gasteiger partial charge in [-0.05, 0) is 57.4 Å². The van der Waals surface area contributed by atoms with Crippen molar-refractivity contribution in [2.75, 3.05) is 32.7 Å². The average Bonchev–Trinajstić information content (AvgIpc) is 3.72. The second-order valence-corrected chi connectivity index (χ2v) is 13.3. The number of nitrogens with zero attached hydrogens (tertiary/aromatic N) is 1. The van der Waals surface area contributed by atoms with Crippen LogP contribution in [0.4, 0.5) is 10.5 Å². The lowest BCUT2D eigenvalue weighted by Crippen LogP contribution is -2.63. The van der Waals surface area contributed by atoms with Crippen molar-refractivity contribution in [3.63, 3.8) is 0 Å². The van der Waals surface area contributed by atoms with Crippen LogP contribution in [0.2, 0.25) is 5.02 Å². The number of nitrogens with two attached hydrogens (primary N) is 1. The average molecular weight is 678 g/mol. The molecule has 260 valence electrons. The van der Waals surface area contributed by atoms with Gasteiger partial charge in [-0.1, -0.05) is 48.7 Å². The van der Waals surface area contributed by atoms with E-state index in [1.807, 2.05) is 32.1 Å². The minimum Gasteiger partial charge on any atom is -0.495 e. The molecule has 4 rings (SSSR count). The molecule has 2 fully saturated rings. The molecular weight excluding hydrogens is 630 g/mol. The van der Waals surface area contributed by atoms with Gasteiger partial charge in [0.1, 0.15) is 34.7 Å². The van der Waals surface area contributed by atoms with Crippen LogP contribution in [0.25, 0.3) is 0 Å². The number of esters is 1. The number of rotatable bonds is 8. The molecule has 13 heteroatoms. The highest BCUT2D eigenvalue weighted by Gasteiger charge is 2.64. The van der Waals surface area contributed by atoms with Gasteiger partial charge in [0.2, 0.25) is 5.91 Å². The number of carbonyl (C=O) groups is 3. The molecule has 3 aliphatic rings. The second-order valence-electron chi connectivity index (χ2n) is 12.9. The maximum atomic E-state index is 13.9. The van der Waals surface area contributed by atoms with Crippen molar-refractivity contribution in [2.45, 2.75) is 101 Å². The largest absolute Gasteiger partial charge is 0.495 e. The number of fused-ring (bicyclic) bond motifs is 5. The number of hydrogen-bond donors (Lipinski definition) is 3. The number of benzene rings is 1. The molecule has 0 radical (unpaired) electrons. The Morgan fingerprint density at radius 3 is 2.66 bits per heavy atom. The zero-order valence-electron chi connectivity index (χ0n) is 28.0. The number of epoxide rings is 1. The van der Waals surface area contributed by atoms with Crippen molar-refractivity contribution in [1.29, 1.82) is 0 Å². The normalized spacial score (nSPS) is 31.3. The number of allylic oxidation sites excluding steroid dienone is 3. The summed E-state index contributed by atoms with van der Waals surface area (Å²) in [5, 5.41) is 14.4. The van der Waals surface area contributed by atoms with E-state index in [9.17, 15) is 19.5 Å². The van der Waals surface area contributed by atoms with Crippen LogP contribution in [0.3, 0.4) is 0 Å².